The molecule has 202 valence electrons. The van der Waals surface area contributed by atoms with E-state index in [0.717, 1.165) is 38.5 Å². The van der Waals surface area contributed by atoms with Crippen molar-refractivity contribution in [2.45, 2.75) is 101 Å². The Hall–Kier alpha value is -0.270. The van der Waals surface area contributed by atoms with Gasteiger partial charge in [-0.05, 0) is 104 Å². The lowest BCUT2D eigenvalue weighted by Gasteiger charge is -2.62. The zero-order chi connectivity index (χ0) is 26.3. The number of carbonyl (C=O) groups is 2. The third-order valence-electron chi connectivity index (χ3n) is 10.6. The van der Waals surface area contributed by atoms with Crippen LogP contribution in [0.1, 0.15) is 85.0 Å². The molecular weight excluding hydrogens is 515 g/mol. The van der Waals surface area contributed by atoms with E-state index >= 15 is 0 Å². The molecule has 0 aromatic heterocycles. The monoisotopic (exact) mass is 554 g/mol. The fourth-order valence-electron chi connectivity index (χ4n) is 8.71. The maximum absolute atomic E-state index is 11.5. The van der Waals surface area contributed by atoms with E-state index in [2.05, 4.69) is 20.8 Å². The first-order valence-electron chi connectivity index (χ1n) is 13.0. The summed E-state index contributed by atoms with van der Waals surface area (Å²) in [5, 5.41) is 38.6. The largest absolute Gasteiger partial charge is 0.481 e. The summed E-state index contributed by atoms with van der Waals surface area (Å²) >= 11 is 14.4. The smallest absolute Gasteiger partial charge is 0.356 e. The number of hydrogen-bond donors (Lipinski definition) is 4. The molecule has 0 aromatic carbocycles. The number of carboxylic acid groups (broad SMARTS) is 2. The first-order chi connectivity index (χ1) is 16.1. The minimum atomic E-state index is -2.17. The average Bonchev–Trinajstić information content (AvgIpc) is 3.12. The van der Waals surface area contributed by atoms with Crippen molar-refractivity contribution in [3.05, 3.63) is 0 Å². The Balaban J connectivity index is 0.000000429. The Morgan fingerprint density at radius 3 is 2.17 bits per heavy atom. The van der Waals surface area contributed by atoms with Crippen LogP contribution in [0.15, 0.2) is 0 Å². The molecule has 4 N–H and O–H groups in total. The Morgan fingerprint density at radius 1 is 0.971 bits per heavy atom. The van der Waals surface area contributed by atoms with Gasteiger partial charge in [-0.2, -0.15) is 0 Å². The second-order valence-corrected chi connectivity index (χ2v) is 14.4. The van der Waals surface area contributed by atoms with Gasteiger partial charge in [0.05, 0.1) is 12.2 Å². The number of halogens is 3. The molecule has 0 radical (unpaired) electrons. The number of aliphatic hydroxyl groups is 2. The minimum absolute atomic E-state index is 0.0591. The van der Waals surface area contributed by atoms with Crippen molar-refractivity contribution in [3.63, 3.8) is 0 Å². The first-order valence-corrected chi connectivity index (χ1v) is 14.1. The number of carboxylic acids is 2. The first kappa shape index (κ1) is 29.3. The number of fused-ring (bicyclic) bond motifs is 5. The van der Waals surface area contributed by atoms with Crippen molar-refractivity contribution in [1.29, 1.82) is 0 Å². The molecule has 35 heavy (non-hydrogen) atoms. The second-order valence-electron chi connectivity index (χ2n) is 12.1. The topological polar surface area (TPSA) is 115 Å². The van der Waals surface area contributed by atoms with E-state index in [1.165, 1.54) is 19.3 Å². The van der Waals surface area contributed by atoms with Crippen molar-refractivity contribution < 1.29 is 30.0 Å². The molecular formula is C26H41Cl3O6. The minimum Gasteiger partial charge on any atom is -0.481 e. The van der Waals surface area contributed by atoms with E-state index in [4.69, 9.17) is 45.0 Å². The number of aliphatic carboxylic acids is 2. The van der Waals surface area contributed by atoms with Crippen molar-refractivity contribution in [2.75, 3.05) is 0 Å². The highest BCUT2D eigenvalue weighted by Gasteiger charge is 2.63. The fourth-order valence-corrected chi connectivity index (χ4v) is 8.71. The summed E-state index contributed by atoms with van der Waals surface area (Å²) in [6, 6.07) is 0. The standard InChI is InChI=1S/C24H40O4.C2HCl3O2/c1-14(4-9-22(27)28)18-7-8-19-17-6-5-15-12-16(25)10-11-23(15,2)20(17)13-21(26)24(18,19)3;3-2(4,5)1(6)7/h14-21,25-26H,4-13H2,1-3H3,(H,27,28);(H,6,7)/t14-,15-,16-,17+,18-,19+,20+,21+,23+,24-;/m1./s1. The van der Waals surface area contributed by atoms with Gasteiger partial charge in [0, 0.05) is 6.42 Å². The van der Waals surface area contributed by atoms with Gasteiger partial charge in [-0.1, -0.05) is 55.6 Å². The van der Waals surface area contributed by atoms with Gasteiger partial charge < -0.3 is 20.4 Å². The third-order valence-corrected chi connectivity index (χ3v) is 11.0. The average molecular weight is 556 g/mol. The lowest BCUT2D eigenvalue weighted by atomic mass is 9.43. The molecule has 0 saturated heterocycles. The molecule has 4 aliphatic rings. The fraction of sp³-hybridized carbons (Fsp3) is 0.923. The zero-order valence-electron chi connectivity index (χ0n) is 20.9. The molecule has 0 bridgehead atoms. The highest BCUT2D eigenvalue weighted by Crippen LogP contribution is 2.68. The van der Waals surface area contributed by atoms with Crippen molar-refractivity contribution in [2.24, 2.45) is 46.3 Å². The van der Waals surface area contributed by atoms with E-state index in [1.807, 2.05) is 0 Å². The van der Waals surface area contributed by atoms with Crippen molar-refractivity contribution >= 4 is 46.7 Å². The molecule has 0 amide bonds. The Kier molecular flexibility index (Phi) is 9.07. The normalized spacial score (nSPS) is 43.6. The van der Waals surface area contributed by atoms with E-state index in [0.29, 0.717) is 35.5 Å². The van der Waals surface area contributed by atoms with Gasteiger partial charge in [0.25, 0.3) is 3.79 Å². The van der Waals surface area contributed by atoms with Gasteiger partial charge in [-0.15, -0.1) is 0 Å². The van der Waals surface area contributed by atoms with Crippen LogP contribution in [0, 0.1) is 46.3 Å². The maximum atomic E-state index is 11.5. The SMILES string of the molecule is C[C@H](CCC(=O)O)[C@H]1CC[C@H]2[C@@H]3CC[C@@H]4C[C@H](O)CC[C@]4(C)[C@H]3C[C@H](O)[C@]12C.O=C(O)C(Cl)(Cl)Cl. The van der Waals surface area contributed by atoms with Gasteiger partial charge in [0.15, 0.2) is 0 Å². The lowest BCUT2D eigenvalue weighted by Crippen LogP contribution is -2.58. The second kappa shape index (κ2) is 10.8. The molecule has 9 heteroatoms. The summed E-state index contributed by atoms with van der Waals surface area (Å²) in [5.74, 6) is 1.09. The number of aliphatic hydroxyl groups excluding tert-OH is 2. The van der Waals surface area contributed by atoms with E-state index in [1.54, 1.807) is 0 Å². The summed E-state index contributed by atoms with van der Waals surface area (Å²) in [6.07, 6.45) is 9.26. The van der Waals surface area contributed by atoms with Gasteiger partial charge in [0.1, 0.15) is 0 Å². The number of alkyl halides is 3. The number of hydrogen-bond acceptors (Lipinski definition) is 4. The lowest BCUT2D eigenvalue weighted by molar-refractivity contribution is -0.175. The molecule has 0 unspecified atom stereocenters. The molecule has 4 saturated carbocycles. The highest BCUT2D eigenvalue weighted by atomic mass is 35.6. The van der Waals surface area contributed by atoms with Crippen LogP contribution in [0.3, 0.4) is 0 Å². The van der Waals surface area contributed by atoms with Gasteiger partial charge in [0.2, 0.25) is 0 Å². The molecule has 4 fully saturated rings. The van der Waals surface area contributed by atoms with Crippen LogP contribution in [0.25, 0.3) is 0 Å². The molecule has 10 atom stereocenters. The molecule has 0 spiro atoms. The highest BCUT2D eigenvalue weighted by molar-refractivity contribution is 6.75. The van der Waals surface area contributed by atoms with Gasteiger partial charge in [-0.25, -0.2) is 4.79 Å². The van der Waals surface area contributed by atoms with Crippen LogP contribution in [0.2, 0.25) is 0 Å². The predicted octanol–water partition coefficient (Wildman–Crippen LogP) is 5.92. The van der Waals surface area contributed by atoms with Crippen LogP contribution in [0.4, 0.5) is 0 Å². The summed E-state index contributed by atoms with van der Waals surface area (Å²) in [7, 11) is 0. The Morgan fingerprint density at radius 2 is 1.60 bits per heavy atom. The van der Waals surface area contributed by atoms with Gasteiger partial charge >= 0.3 is 11.9 Å². The van der Waals surface area contributed by atoms with Crippen LogP contribution in [-0.4, -0.2) is 48.4 Å². The Bertz CT molecular complexity index is 788. The molecule has 6 nitrogen and oxygen atoms in total. The molecule has 0 aromatic rings. The van der Waals surface area contributed by atoms with Crippen LogP contribution >= 0.6 is 34.8 Å². The maximum Gasteiger partial charge on any atom is 0.356 e. The quantitative estimate of drug-likeness (QED) is 0.320. The van der Waals surface area contributed by atoms with E-state index in [-0.39, 0.29) is 29.5 Å². The summed E-state index contributed by atoms with van der Waals surface area (Å²) < 4.78 is -2.17. The zero-order valence-corrected chi connectivity index (χ0v) is 23.2. The molecule has 4 aliphatic carbocycles. The van der Waals surface area contributed by atoms with Crippen LogP contribution in [-0.2, 0) is 9.59 Å². The Labute approximate surface area is 223 Å². The third kappa shape index (κ3) is 5.77. The summed E-state index contributed by atoms with van der Waals surface area (Å²) in [6.45, 7) is 6.99. The number of rotatable bonds is 4. The molecule has 0 heterocycles. The van der Waals surface area contributed by atoms with Crippen molar-refractivity contribution in [1.82, 2.24) is 0 Å². The molecule has 4 rings (SSSR count). The van der Waals surface area contributed by atoms with Crippen LogP contribution < -0.4 is 0 Å². The summed E-state index contributed by atoms with van der Waals surface area (Å²) in [4.78, 5) is 20.7. The predicted molar refractivity (Wildman–Crippen MR) is 137 cm³/mol. The van der Waals surface area contributed by atoms with Crippen LogP contribution in [0.5, 0.6) is 0 Å². The molecule has 0 aliphatic heterocycles. The van der Waals surface area contributed by atoms with E-state index in [9.17, 15) is 19.8 Å². The van der Waals surface area contributed by atoms with Gasteiger partial charge in [-0.3, -0.25) is 4.79 Å². The summed E-state index contributed by atoms with van der Waals surface area (Å²) in [5.41, 5.74) is 0.216. The van der Waals surface area contributed by atoms with E-state index < -0.39 is 15.7 Å². The van der Waals surface area contributed by atoms with Crippen molar-refractivity contribution in [3.8, 4) is 0 Å².